The highest BCUT2D eigenvalue weighted by Crippen LogP contribution is 2.36. The van der Waals surface area contributed by atoms with Gasteiger partial charge in [-0.3, -0.25) is 9.10 Å². The van der Waals surface area contributed by atoms with Crippen LogP contribution < -0.4 is 14.4 Å². The number of ether oxygens (including phenoxy) is 1. The Labute approximate surface area is 189 Å². The zero-order chi connectivity index (χ0) is 23.5. The van der Waals surface area contributed by atoms with Crippen molar-refractivity contribution in [1.29, 1.82) is 0 Å². The van der Waals surface area contributed by atoms with Crippen molar-refractivity contribution in [3.63, 3.8) is 0 Å². The molecule has 6 nitrogen and oxygen atoms in total. The third-order valence-corrected chi connectivity index (χ3v) is 6.42. The van der Waals surface area contributed by atoms with Gasteiger partial charge in [-0.15, -0.1) is 0 Å². The lowest BCUT2D eigenvalue weighted by Crippen LogP contribution is -2.37. The maximum Gasteiger partial charge on any atom is 0.416 e. The van der Waals surface area contributed by atoms with Gasteiger partial charge in [0.2, 0.25) is 15.9 Å². The zero-order valence-corrected chi connectivity index (χ0v) is 18.7. The summed E-state index contributed by atoms with van der Waals surface area (Å²) in [5, 5.41) is 2.30. The van der Waals surface area contributed by atoms with Crippen LogP contribution in [0.3, 0.4) is 0 Å². The average molecular weight is 491 g/mol. The highest BCUT2D eigenvalue weighted by molar-refractivity contribution is 7.92. The van der Waals surface area contributed by atoms with Crippen molar-refractivity contribution in [3.8, 4) is 5.75 Å². The second-order valence-corrected chi connectivity index (χ2v) is 9.84. The van der Waals surface area contributed by atoms with Crippen LogP contribution in [0.4, 0.5) is 24.5 Å². The van der Waals surface area contributed by atoms with Gasteiger partial charge in [0, 0.05) is 5.69 Å². The highest BCUT2D eigenvalue weighted by Gasteiger charge is 2.33. The maximum atomic E-state index is 13.1. The molecule has 0 radical (unpaired) electrons. The molecular weight excluding hydrogens is 469 g/mol. The van der Waals surface area contributed by atoms with E-state index in [1.807, 2.05) is 0 Å². The number of nitrogens with one attached hydrogen (secondary N) is 1. The van der Waals surface area contributed by atoms with Gasteiger partial charge in [0.05, 0.1) is 28.6 Å². The molecule has 0 aromatic heterocycles. The summed E-state index contributed by atoms with van der Waals surface area (Å²) in [4.78, 5) is 12.5. The molecule has 174 valence electrons. The molecule has 1 fully saturated rings. The van der Waals surface area contributed by atoms with E-state index in [2.05, 4.69) is 5.32 Å². The number of amides is 1. The fourth-order valence-corrected chi connectivity index (χ4v) is 4.54. The van der Waals surface area contributed by atoms with Crippen molar-refractivity contribution < 1.29 is 31.1 Å². The Morgan fingerprint density at radius 3 is 2.34 bits per heavy atom. The lowest BCUT2D eigenvalue weighted by molar-refractivity contribution is -0.137. The first-order valence-corrected chi connectivity index (χ1v) is 12.1. The lowest BCUT2D eigenvalue weighted by Gasteiger charge is -2.24. The minimum atomic E-state index is -4.70. The van der Waals surface area contributed by atoms with Crippen LogP contribution in [0.25, 0.3) is 0 Å². The van der Waals surface area contributed by atoms with Crippen molar-refractivity contribution in [3.05, 3.63) is 53.1 Å². The minimum Gasteiger partial charge on any atom is -0.490 e. The molecule has 11 heteroatoms. The summed E-state index contributed by atoms with van der Waals surface area (Å²) in [6.07, 6.45) is 0.516. The van der Waals surface area contributed by atoms with Crippen LogP contribution in [-0.2, 0) is 21.0 Å². The van der Waals surface area contributed by atoms with E-state index >= 15 is 0 Å². The van der Waals surface area contributed by atoms with Crippen molar-refractivity contribution >= 4 is 38.9 Å². The van der Waals surface area contributed by atoms with Gasteiger partial charge in [-0.1, -0.05) is 11.6 Å². The van der Waals surface area contributed by atoms with Crippen molar-refractivity contribution in [2.45, 2.75) is 38.0 Å². The fourth-order valence-electron chi connectivity index (χ4n) is 3.41. The van der Waals surface area contributed by atoms with Gasteiger partial charge in [0.1, 0.15) is 12.3 Å². The number of benzene rings is 2. The average Bonchev–Trinajstić information content (AvgIpc) is 3.20. The van der Waals surface area contributed by atoms with Crippen LogP contribution in [0, 0.1) is 0 Å². The standard InChI is InChI=1S/C21H22ClF3N2O4S/c1-32(29,30)27(19-12-14(21(23,24)25)6-11-18(19)22)13-20(28)26-15-7-9-17(10-8-15)31-16-4-2-3-5-16/h6-12,16H,2-5,13H2,1H3,(H,26,28). The van der Waals surface area contributed by atoms with Gasteiger partial charge < -0.3 is 10.1 Å². The number of alkyl halides is 3. The monoisotopic (exact) mass is 490 g/mol. The van der Waals surface area contributed by atoms with Gasteiger partial charge in [0.25, 0.3) is 0 Å². The Morgan fingerprint density at radius 1 is 1.16 bits per heavy atom. The van der Waals surface area contributed by atoms with Crippen molar-refractivity contribution in [1.82, 2.24) is 0 Å². The summed E-state index contributed by atoms with van der Waals surface area (Å²) in [6, 6.07) is 8.86. The largest absolute Gasteiger partial charge is 0.490 e. The number of anilines is 2. The molecular formula is C21H22ClF3N2O4S. The molecule has 1 amide bonds. The van der Waals surface area contributed by atoms with E-state index in [1.54, 1.807) is 24.3 Å². The quantitative estimate of drug-likeness (QED) is 0.587. The molecule has 0 unspecified atom stereocenters. The molecule has 2 aromatic rings. The van der Waals surface area contributed by atoms with Gasteiger partial charge in [-0.2, -0.15) is 13.2 Å². The minimum absolute atomic E-state index is 0.177. The number of nitrogens with zero attached hydrogens (tertiary/aromatic N) is 1. The van der Waals surface area contributed by atoms with Gasteiger partial charge >= 0.3 is 6.18 Å². The maximum absolute atomic E-state index is 13.1. The van der Waals surface area contributed by atoms with Crippen LogP contribution in [0.1, 0.15) is 31.2 Å². The second kappa shape index (κ2) is 9.58. The number of sulfonamides is 1. The molecule has 0 heterocycles. The van der Waals surface area contributed by atoms with E-state index in [4.69, 9.17) is 16.3 Å². The molecule has 1 N–H and O–H groups in total. The topological polar surface area (TPSA) is 75.7 Å². The van der Waals surface area contributed by atoms with E-state index in [0.29, 0.717) is 21.8 Å². The summed E-state index contributed by atoms with van der Waals surface area (Å²) in [6.45, 7) is -0.750. The SMILES string of the molecule is CS(=O)(=O)N(CC(=O)Nc1ccc(OC2CCCC2)cc1)c1cc(C(F)(F)F)ccc1Cl. The number of rotatable bonds is 7. The number of halogens is 4. The van der Waals surface area contributed by atoms with E-state index in [-0.39, 0.29) is 11.1 Å². The van der Waals surface area contributed by atoms with Crippen molar-refractivity contribution in [2.75, 3.05) is 22.4 Å². The highest BCUT2D eigenvalue weighted by atomic mass is 35.5. The Bertz CT molecular complexity index is 1070. The summed E-state index contributed by atoms with van der Waals surface area (Å²) >= 11 is 5.96. The van der Waals surface area contributed by atoms with Crippen LogP contribution in [-0.4, -0.2) is 33.2 Å². The summed E-state index contributed by atoms with van der Waals surface area (Å²) in [5.74, 6) is -0.0863. The van der Waals surface area contributed by atoms with E-state index in [0.717, 1.165) is 44.1 Å². The predicted molar refractivity (Wildman–Crippen MR) is 117 cm³/mol. The Morgan fingerprint density at radius 2 is 1.78 bits per heavy atom. The Hall–Kier alpha value is -2.46. The first-order valence-electron chi connectivity index (χ1n) is 9.84. The molecule has 0 bridgehead atoms. The van der Waals surface area contributed by atoms with E-state index in [9.17, 15) is 26.4 Å². The lowest BCUT2D eigenvalue weighted by atomic mass is 10.2. The summed E-state index contributed by atoms with van der Waals surface area (Å²) < 4.78 is 70.1. The molecule has 1 aliphatic rings. The van der Waals surface area contributed by atoms with Gasteiger partial charge in [0.15, 0.2) is 0 Å². The summed E-state index contributed by atoms with van der Waals surface area (Å²) in [7, 11) is -4.11. The number of hydrogen-bond acceptors (Lipinski definition) is 4. The first-order chi connectivity index (χ1) is 14.9. The van der Waals surface area contributed by atoms with E-state index in [1.165, 1.54) is 0 Å². The van der Waals surface area contributed by atoms with Crippen LogP contribution >= 0.6 is 11.6 Å². The summed E-state index contributed by atoms with van der Waals surface area (Å²) in [5.41, 5.74) is -1.12. The Kier molecular flexibility index (Phi) is 7.24. The molecule has 1 saturated carbocycles. The third kappa shape index (κ3) is 6.29. The van der Waals surface area contributed by atoms with Gasteiger partial charge in [-0.05, 0) is 68.1 Å². The molecule has 0 aliphatic heterocycles. The number of hydrogen-bond donors (Lipinski definition) is 1. The normalized spacial score (nSPS) is 14.9. The molecule has 0 atom stereocenters. The molecule has 0 saturated heterocycles. The molecule has 3 rings (SSSR count). The third-order valence-electron chi connectivity index (χ3n) is 4.97. The first kappa shape index (κ1) is 24.2. The fraction of sp³-hybridized carbons (Fsp3) is 0.381. The van der Waals surface area contributed by atoms with Crippen LogP contribution in [0.2, 0.25) is 5.02 Å². The number of carbonyl (C=O) groups excluding carboxylic acids is 1. The second-order valence-electron chi connectivity index (χ2n) is 7.53. The predicted octanol–water partition coefficient (Wildman–Crippen LogP) is 5.08. The van der Waals surface area contributed by atoms with Crippen LogP contribution in [0.15, 0.2) is 42.5 Å². The van der Waals surface area contributed by atoms with Crippen molar-refractivity contribution in [2.24, 2.45) is 0 Å². The molecule has 32 heavy (non-hydrogen) atoms. The van der Waals surface area contributed by atoms with E-state index < -0.39 is 39.9 Å². The Balaban J connectivity index is 1.73. The zero-order valence-electron chi connectivity index (χ0n) is 17.2. The molecule has 2 aromatic carbocycles. The number of carbonyl (C=O) groups is 1. The van der Waals surface area contributed by atoms with Crippen LogP contribution in [0.5, 0.6) is 5.75 Å². The van der Waals surface area contributed by atoms with Gasteiger partial charge in [-0.25, -0.2) is 8.42 Å². The molecule has 1 aliphatic carbocycles. The smallest absolute Gasteiger partial charge is 0.416 e. The molecule has 0 spiro atoms.